The monoisotopic (exact) mass is 496 g/mol. The number of benzene rings is 1. The number of aliphatic carboxylic acids is 2. The second-order valence-corrected chi connectivity index (χ2v) is 9.60. The molecule has 0 bridgehead atoms. The molecule has 0 aromatic heterocycles. The third-order valence-corrected chi connectivity index (χ3v) is 6.74. The molecule has 2 N–H and O–H groups in total. The molecule has 188 valence electrons. The lowest BCUT2D eigenvalue weighted by Crippen LogP contribution is -2.25. The van der Waals surface area contributed by atoms with Gasteiger partial charge in [0.1, 0.15) is 23.2 Å². The van der Waals surface area contributed by atoms with Crippen molar-refractivity contribution in [3.8, 4) is 5.75 Å². The summed E-state index contributed by atoms with van der Waals surface area (Å²) in [4.78, 5) is 21.6. The maximum absolute atomic E-state index is 14.0. The number of unbranched alkanes of at least 4 members (excludes halogenated alkanes) is 9. The Balaban J connectivity index is 1.92. The van der Waals surface area contributed by atoms with Gasteiger partial charge in [0.25, 0.3) is 4.99 Å². The van der Waals surface area contributed by atoms with E-state index in [2.05, 4.69) is 27.6 Å². The van der Waals surface area contributed by atoms with Crippen molar-refractivity contribution in [2.75, 3.05) is 6.61 Å². The van der Waals surface area contributed by atoms with Crippen LogP contribution < -0.4 is 4.74 Å². The van der Waals surface area contributed by atoms with E-state index in [0.717, 1.165) is 25.3 Å². The van der Waals surface area contributed by atoms with Crippen molar-refractivity contribution in [3.05, 3.63) is 29.6 Å². The molecule has 1 aliphatic rings. The summed E-state index contributed by atoms with van der Waals surface area (Å²) in [7, 11) is 0. The van der Waals surface area contributed by atoms with E-state index in [4.69, 9.17) is 4.74 Å². The lowest BCUT2D eigenvalue weighted by atomic mass is 10.1. The van der Waals surface area contributed by atoms with Crippen LogP contribution in [-0.2, 0) is 9.59 Å². The Morgan fingerprint density at radius 3 is 2.15 bits per heavy atom. The molecule has 11 heteroatoms. The zero-order valence-electron chi connectivity index (χ0n) is 19.5. The van der Waals surface area contributed by atoms with Gasteiger partial charge in [0.05, 0.1) is 6.61 Å². The summed E-state index contributed by atoms with van der Waals surface area (Å²) in [6.07, 6.45) is 11.1. The molecule has 0 spiro atoms. The second kappa shape index (κ2) is 14.6. The van der Waals surface area contributed by atoms with Gasteiger partial charge in [0.2, 0.25) is 0 Å². The molecule has 0 saturated heterocycles. The van der Waals surface area contributed by atoms with Gasteiger partial charge in [-0.2, -0.15) is 0 Å². The number of nitrogens with zero attached hydrogens (tertiary/aromatic N) is 4. The molecule has 9 nitrogen and oxygen atoms in total. The zero-order valence-corrected chi connectivity index (χ0v) is 20.3. The summed E-state index contributed by atoms with van der Waals surface area (Å²) in [5.41, 5.74) is 0.0756. The number of rotatable bonds is 18. The number of hydrogen-bond donors (Lipinski definition) is 2. The SMILES string of the molecule is CCCCCCCCCCCCOc1ccc(F)cc1C(SC1(CC(=O)O)N=NN=N1)C(=O)O. The highest BCUT2D eigenvalue weighted by molar-refractivity contribution is 8.01. The van der Waals surface area contributed by atoms with E-state index in [1.165, 1.54) is 57.1 Å². The van der Waals surface area contributed by atoms with Gasteiger partial charge in [-0.3, -0.25) is 9.59 Å². The molecule has 1 atom stereocenters. The Hall–Kier alpha value is -2.56. The van der Waals surface area contributed by atoms with Crippen LogP contribution in [0, 0.1) is 5.82 Å². The quantitative estimate of drug-likeness (QED) is 0.211. The van der Waals surface area contributed by atoms with Gasteiger partial charge >= 0.3 is 11.9 Å². The highest BCUT2D eigenvalue weighted by Crippen LogP contribution is 2.47. The van der Waals surface area contributed by atoms with Crippen LogP contribution in [0.25, 0.3) is 0 Å². The van der Waals surface area contributed by atoms with Gasteiger partial charge in [0, 0.05) is 5.56 Å². The highest BCUT2D eigenvalue weighted by Gasteiger charge is 2.43. The maximum atomic E-state index is 14.0. The number of carboxylic acids is 2. The number of thioether (sulfide) groups is 1. The van der Waals surface area contributed by atoms with Crippen molar-refractivity contribution in [2.45, 2.75) is 87.8 Å². The van der Waals surface area contributed by atoms with Gasteiger partial charge in [-0.1, -0.05) is 76.5 Å². The average molecular weight is 497 g/mol. The van der Waals surface area contributed by atoms with Crippen LogP contribution in [0.5, 0.6) is 5.75 Å². The number of carbonyl (C=O) groups is 2. The number of ether oxygens (including phenoxy) is 1. The molecule has 0 radical (unpaired) electrons. The van der Waals surface area contributed by atoms with E-state index in [1.807, 2.05) is 0 Å². The smallest absolute Gasteiger partial charge is 0.321 e. The Bertz CT molecular complexity index is 856. The third-order valence-electron chi connectivity index (χ3n) is 5.36. The highest BCUT2D eigenvalue weighted by atomic mass is 32.2. The standard InChI is InChI=1S/C23H33FN4O5S/c1-2-3-4-5-6-7-8-9-10-11-14-33-19-13-12-17(24)15-18(19)21(22(31)32)34-23(16-20(29)30)25-27-28-26-23/h12-13,15,21H,2-11,14,16H2,1H3,(H,29,30)(H,31,32). The fraction of sp³-hybridized carbons (Fsp3) is 0.652. The maximum Gasteiger partial charge on any atom is 0.321 e. The van der Waals surface area contributed by atoms with Crippen molar-refractivity contribution in [2.24, 2.45) is 20.7 Å². The summed E-state index contributed by atoms with van der Waals surface area (Å²) in [6.45, 7) is 2.58. The minimum Gasteiger partial charge on any atom is -0.493 e. The number of carboxylic acid groups (broad SMARTS) is 2. The Kier molecular flexibility index (Phi) is 11.9. The van der Waals surface area contributed by atoms with E-state index >= 15 is 0 Å². The summed E-state index contributed by atoms with van der Waals surface area (Å²) >= 11 is 0.624. The first-order valence-electron chi connectivity index (χ1n) is 11.8. The van der Waals surface area contributed by atoms with Crippen molar-refractivity contribution in [1.82, 2.24) is 0 Å². The predicted molar refractivity (Wildman–Crippen MR) is 126 cm³/mol. The Labute approximate surface area is 203 Å². The fourth-order valence-corrected chi connectivity index (χ4v) is 4.78. The Morgan fingerprint density at radius 1 is 1.00 bits per heavy atom. The number of hydrogen-bond acceptors (Lipinski definition) is 8. The van der Waals surface area contributed by atoms with Crippen LogP contribution in [0.15, 0.2) is 38.9 Å². The molecule has 34 heavy (non-hydrogen) atoms. The molecular weight excluding hydrogens is 463 g/mol. The molecule has 0 aliphatic carbocycles. The van der Waals surface area contributed by atoms with E-state index in [1.54, 1.807) is 0 Å². The molecule has 1 aromatic carbocycles. The molecule has 0 fully saturated rings. The minimum atomic E-state index is -1.73. The summed E-state index contributed by atoms with van der Waals surface area (Å²) < 4.78 is 19.8. The van der Waals surface area contributed by atoms with E-state index < -0.39 is 34.4 Å². The van der Waals surface area contributed by atoms with Crippen LogP contribution >= 0.6 is 11.8 Å². The first-order valence-corrected chi connectivity index (χ1v) is 12.6. The van der Waals surface area contributed by atoms with Crippen LogP contribution in [0.4, 0.5) is 4.39 Å². The van der Waals surface area contributed by atoms with E-state index in [9.17, 15) is 24.2 Å². The molecule has 1 heterocycles. The normalized spacial score (nSPS) is 14.9. The van der Waals surface area contributed by atoms with Gasteiger partial charge in [-0.25, -0.2) is 4.39 Å². The molecular formula is C23H33FN4O5S. The van der Waals surface area contributed by atoms with Gasteiger partial charge in [-0.15, -0.1) is 10.2 Å². The van der Waals surface area contributed by atoms with Crippen molar-refractivity contribution in [1.29, 1.82) is 0 Å². The van der Waals surface area contributed by atoms with Gasteiger partial charge < -0.3 is 14.9 Å². The topological polar surface area (TPSA) is 133 Å². The fourth-order valence-electron chi connectivity index (χ4n) is 3.62. The van der Waals surface area contributed by atoms with Gasteiger partial charge in [0.15, 0.2) is 0 Å². The van der Waals surface area contributed by atoms with Crippen LogP contribution in [0.2, 0.25) is 0 Å². The lowest BCUT2D eigenvalue weighted by Gasteiger charge is -2.23. The Morgan fingerprint density at radius 2 is 1.59 bits per heavy atom. The molecule has 1 unspecified atom stereocenters. The predicted octanol–water partition coefficient (Wildman–Crippen LogP) is 6.95. The summed E-state index contributed by atoms with van der Waals surface area (Å²) in [5.74, 6) is -2.95. The summed E-state index contributed by atoms with van der Waals surface area (Å²) in [6, 6.07) is 3.67. The van der Waals surface area contributed by atoms with E-state index in [-0.39, 0.29) is 11.3 Å². The zero-order chi connectivity index (χ0) is 24.8. The molecule has 1 aromatic rings. The van der Waals surface area contributed by atoms with Crippen molar-refractivity contribution in [3.63, 3.8) is 0 Å². The second-order valence-electron chi connectivity index (χ2n) is 8.24. The van der Waals surface area contributed by atoms with E-state index in [0.29, 0.717) is 18.4 Å². The third kappa shape index (κ3) is 9.36. The van der Waals surface area contributed by atoms with Crippen LogP contribution in [-0.4, -0.2) is 33.8 Å². The minimum absolute atomic E-state index is 0.0756. The first-order chi connectivity index (χ1) is 16.4. The largest absolute Gasteiger partial charge is 0.493 e. The van der Waals surface area contributed by atoms with Crippen LogP contribution in [0.1, 0.15) is 88.4 Å². The van der Waals surface area contributed by atoms with Crippen LogP contribution in [0.3, 0.4) is 0 Å². The van der Waals surface area contributed by atoms with Crippen molar-refractivity contribution < 1.29 is 28.9 Å². The lowest BCUT2D eigenvalue weighted by molar-refractivity contribution is -0.138. The molecule has 1 aliphatic heterocycles. The summed E-state index contributed by atoms with van der Waals surface area (Å²) in [5, 5.41) is 31.7. The first kappa shape index (κ1) is 27.7. The van der Waals surface area contributed by atoms with Gasteiger partial charge in [-0.05, 0) is 35.1 Å². The molecule has 2 rings (SSSR count). The number of halogens is 1. The average Bonchev–Trinajstić information content (AvgIpc) is 3.24. The molecule has 0 saturated carbocycles. The van der Waals surface area contributed by atoms with Crippen molar-refractivity contribution >= 4 is 23.7 Å². The molecule has 0 amide bonds.